The van der Waals surface area contributed by atoms with E-state index in [1.54, 1.807) is 7.11 Å². The second-order valence-electron chi connectivity index (χ2n) is 4.09. The molecule has 5 heteroatoms. The van der Waals surface area contributed by atoms with Gasteiger partial charge in [-0.2, -0.15) is 0 Å². The van der Waals surface area contributed by atoms with Crippen molar-refractivity contribution in [3.63, 3.8) is 0 Å². The van der Waals surface area contributed by atoms with Gasteiger partial charge < -0.3 is 14.7 Å². The van der Waals surface area contributed by atoms with E-state index in [9.17, 15) is 0 Å². The zero-order chi connectivity index (χ0) is 11.7. The lowest BCUT2D eigenvalue weighted by Crippen LogP contribution is -2.23. The Hall–Kier alpha value is -1.88. The van der Waals surface area contributed by atoms with Crippen molar-refractivity contribution < 1.29 is 4.74 Å². The molecular formula is C12H14N4O. The number of rotatable bonds is 3. The van der Waals surface area contributed by atoms with E-state index < -0.39 is 0 Å². The Labute approximate surface area is 98.2 Å². The molecule has 0 amide bonds. The summed E-state index contributed by atoms with van der Waals surface area (Å²) in [6, 6.07) is 2.10. The van der Waals surface area contributed by atoms with Gasteiger partial charge >= 0.3 is 0 Å². The second-order valence-corrected chi connectivity index (χ2v) is 4.09. The largest absolute Gasteiger partial charge is 0.377 e. The summed E-state index contributed by atoms with van der Waals surface area (Å²) in [6.07, 6.45) is 6.65. The van der Waals surface area contributed by atoms with Gasteiger partial charge in [-0.15, -0.1) is 10.2 Å². The van der Waals surface area contributed by atoms with Gasteiger partial charge in [0.05, 0.1) is 5.69 Å². The Morgan fingerprint density at radius 2 is 2.12 bits per heavy atom. The van der Waals surface area contributed by atoms with E-state index in [4.69, 9.17) is 4.74 Å². The van der Waals surface area contributed by atoms with Crippen LogP contribution >= 0.6 is 0 Å². The summed E-state index contributed by atoms with van der Waals surface area (Å²) in [5, 5.41) is 10.5. The molecule has 1 aliphatic carbocycles. The SMILES string of the molecule is COCc1nnc(-c2cc3c([nH]2)=CCCC=3)[nH]1. The lowest BCUT2D eigenvalue weighted by Gasteiger charge is -1.91. The zero-order valence-electron chi connectivity index (χ0n) is 9.66. The number of fused-ring (bicyclic) bond motifs is 1. The highest BCUT2D eigenvalue weighted by molar-refractivity contribution is 5.52. The third-order valence-corrected chi connectivity index (χ3v) is 2.83. The quantitative estimate of drug-likeness (QED) is 0.797. The van der Waals surface area contributed by atoms with Crippen molar-refractivity contribution in [2.24, 2.45) is 0 Å². The van der Waals surface area contributed by atoms with E-state index in [1.807, 2.05) is 0 Å². The average Bonchev–Trinajstić information content (AvgIpc) is 2.94. The van der Waals surface area contributed by atoms with Gasteiger partial charge in [-0.3, -0.25) is 0 Å². The first-order valence-corrected chi connectivity index (χ1v) is 5.67. The molecular weight excluding hydrogens is 216 g/mol. The van der Waals surface area contributed by atoms with Crippen LogP contribution in [0.25, 0.3) is 23.7 Å². The minimum Gasteiger partial charge on any atom is -0.377 e. The molecule has 2 N–H and O–H groups in total. The summed E-state index contributed by atoms with van der Waals surface area (Å²) in [6.45, 7) is 0.450. The van der Waals surface area contributed by atoms with Gasteiger partial charge in [-0.25, -0.2) is 0 Å². The van der Waals surface area contributed by atoms with Crippen LogP contribution in [0.1, 0.15) is 18.7 Å². The number of H-pyrrole nitrogens is 2. The van der Waals surface area contributed by atoms with Crippen LogP contribution in [0.15, 0.2) is 6.07 Å². The van der Waals surface area contributed by atoms with Gasteiger partial charge in [0.2, 0.25) is 0 Å². The maximum absolute atomic E-state index is 5.00. The maximum atomic E-state index is 5.00. The predicted octanol–water partition coefficient (Wildman–Crippen LogP) is 0.301. The van der Waals surface area contributed by atoms with E-state index in [-0.39, 0.29) is 0 Å². The van der Waals surface area contributed by atoms with Crippen LogP contribution in [-0.4, -0.2) is 27.3 Å². The smallest absolute Gasteiger partial charge is 0.177 e. The molecule has 2 aromatic heterocycles. The first-order chi connectivity index (χ1) is 8.36. The zero-order valence-corrected chi connectivity index (χ0v) is 9.66. The Morgan fingerprint density at radius 3 is 2.94 bits per heavy atom. The van der Waals surface area contributed by atoms with Crippen LogP contribution in [-0.2, 0) is 11.3 Å². The number of methoxy groups -OCH3 is 1. The number of aromatic nitrogens is 4. The molecule has 0 saturated heterocycles. The highest BCUT2D eigenvalue weighted by Gasteiger charge is 2.07. The Bertz CT molecular complexity index is 604. The molecule has 0 unspecified atom stereocenters. The van der Waals surface area contributed by atoms with Crippen LogP contribution in [0.2, 0.25) is 0 Å². The van der Waals surface area contributed by atoms with Gasteiger partial charge in [0.25, 0.3) is 0 Å². The minimum absolute atomic E-state index is 0.450. The maximum Gasteiger partial charge on any atom is 0.177 e. The van der Waals surface area contributed by atoms with Crippen molar-refractivity contribution in [2.75, 3.05) is 7.11 Å². The summed E-state index contributed by atoms with van der Waals surface area (Å²) < 4.78 is 5.00. The van der Waals surface area contributed by atoms with E-state index in [2.05, 4.69) is 38.4 Å². The monoisotopic (exact) mass is 230 g/mol. The number of hydrogen-bond donors (Lipinski definition) is 2. The Balaban J connectivity index is 2.01. The number of ether oxygens (including phenoxy) is 1. The minimum atomic E-state index is 0.450. The van der Waals surface area contributed by atoms with E-state index in [1.165, 1.54) is 10.6 Å². The van der Waals surface area contributed by atoms with Crippen molar-refractivity contribution in [1.29, 1.82) is 0 Å². The molecule has 1 aliphatic rings. The van der Waals surface area contributed by atoms with Crippen molar-refractivity contribution in [3.8, 4) is 11.5 Å². The topological polar surface area (TPSA) is 66.6 Å². The fourth-order valence-electron chi connectivity index (χ4n) is 2.04. The lowest BCUT2D eigenvalue weighted by atomic mass is 10.2. The van der Waals surface area contributed by atoms with E-state index in [0.717, 1.165) is 30.2 Å². The molecule has 0 aromatic carbocycles. The van der Waals surface area contributed by atoms with Crippen LogP contribution in [0.5, 0.6) is 0 Å². The molecule has 0 atom stereocenters. The molecule has 2 aromatic rings. The normalized spacial score (nSPS) is 13.9. The molecule has 0 bridgehead atoms. The van der Waals surface area contributed by atoms with Crippen molar-refractivity contribution >= 4 is 12.2 Å². The average molecular weight is 230 g/mol. The third kappa shape index (κ3) is 1.89. The van der Waals surface area contributed by atoms with Gasteiger partial charge in [0, 0.05) is 12.5 Å². The molecule has 2 heterocycles. The number of nitrogens with one attached hydrogen (secondary N) is 2. The van der Waals surface area contributed by atoms with Crippen LogP contribution in [0, 0.1) is 0 Å². The molecule has 0 saturated carbocycles. The Kier molecular flexibility index (Phi) is 2.53. The summed E-state index contributed by atoms with van der Waals surface area (Å²) in [5.74, 6) is 1.50. The highest BCUT2D eigenvalue weighted by atomic mass is 16.5. The van der Waals surface area contributed by atoms with Crippen molar-refractivity contribution in [3.05, 3.63) is 22.5 Å². The summed E-state index contributed by atoms with van der Waals surface area (Å²) in [5.41, 5.74) is 0.972. The van der Waals surface area contributed by atoms with Gasteiger partial charge in [-0.1, -0.05) is 12.2 Å². The summed E-state index contributed by atoms with van der Waals surface area (Å²) >= 11 is 0. The van der Waals surface area contributed by atoms with E-state index in [0.29, 0.717) is 6.61 Å². The standard InChI is InChI=1S/C12H14N4O/c1-17-7-11-14-12(16-15-11)10-6-8-4-2-3-5-9(8)13-10/h4-6,13H,2-3,7H2,1H3,(H,14,15,16). The van der Waals surface area contributed by atoms with Gasteiger partial charge in [-0.05, 0) is 24.1 Å². The highest BCUT2D eigenvalue weighted by Crippen LogP contribution is 2.09. The fraction of sp³-hybridized carbons (Fsp3) is 0.333. The second kappa shape index (κ2) is 4.18. The number of aromatic amines is 2. The molecule has 5 nitrogen and oxygen atoms in total. The predicted molar refractivity (Wildman–Crippen MR) is 64.3 cm³/mol. The third-order valence-electron chi connectivity index (χ3n) is 2.83. The van der Waals surface area contributed by atoms with Crippen molar-refractivity contribution in [1.82, 2.24) is 20.2 Å². The van der Waals surface area contributed by atoms with Gasteiger partial charge in [0.15, 0.2) is 11.6 Å². The van der Waals surface area contributed by atoms with E-state index >= 15 is 0 Å². The summed E-state index contributed by atoms with van der Waals surface area (Å²) in [7, 11) is 1.64. The molecule has 0 radical (unpaired) electrons. The van der Waals surface area contributed by atoms with Crippen LogP contribution < -0.4 is 10.6 Å². The van der Waals surface area contributed by atoms with Crippen molar-refractivity contribution in [2.45, 2.75) is 19.4 Å². The number of hydrogen-bond acceptors (Lipinski definition) is 3. The number of nitrogens with zero attached hydrogens (tertiary/aromatic N) is 2. The molecule has 0 spiro atoms. The molecule has 0 aliphatic heterocycles. The first-order valence-electron chi connectivity index (χ1n) is 5.67. The summed E-state index contributed by atoms with van der Waals surface area (Å²) in [4.78, 5) is 6.48. The molecule has 3 rings (SSSR count). The van der Waals surface area contributed by atoms with Crippen LogP contribution in [0.4, 0.5) is 0 Å². The molecule has 88 valence electrons. The van der Waals surface area contributed by atoms with Crippen LogP contribution in [0.3, 0.4) is 0 Å². The lowest BCUT2D eigenvalue weighted by molar-refractivity contribution is 0.178. The Morgan fingerprint density at radius 1 is 1.24 bits per heavy atom. The molecule has 17 heavy (non-hydrogen) atoms. The fourth-order valence-corrected chi connectivity index (χ4v) is 2.04. The van der Waals surface area contributed by atoms with Gasteiger partial charge in [0.1, 0.15) is 6.61 Å². The first kappa shape index (κ1) is 10.3. The molecule has 0 fully saturated rings.